The first-order chi connectivity index (χ1) is 16.7. The van der Waals surface area contributed by atoms with Gasteiger partial charge in [0.15, 0.2) is 0 Å². The topological polar surface area (TPSA) is 92.8 Å². The Bertz CT molecular complexity index is 1270. The van der Waals surface area contributed by atoms with Gasteiger partial charge in [0.05, 0.1) is 17.7 Å². The normalized spacial score (nSPS) is 13.7. The van der Waals surface area contributed by atoms with Crippen LogP contribution in [0.1, 0.15) is 70.3 Å². The minimum Gasteiger partial charge on any atom is -0.462 e. The summed E-state index contributed by atoms with van der Waals surface area (Å²) in [5.74, 6) is -1.80. The molecule has 0 saturated carbocycles. The molecule has 0 bridgehead atoms. The minimum atomic E-state index is -1.08. The zero-order valence-corrected chi connectivity index (χ0v) is 20.8. The largest absolute Gasteiger partial charge is 0.462 e. The van der Waals surface area contributed by atoms with Crippen molar-refractivity contribution in [2.24, 2.45) is 0 Å². The zero-order chi connectivity index (χ0) is 25.3. The highest BCUT2D eigenvalue weighted by molar-refractivity contribution is 7.15. The summed E-state index contributed by atoms with van der Waals surface area (Å²) in [6, 6.07) is 13.3. The first-order valence-electron chi connectivity index (χ1n) is 11.4. The number of carbonyl (C=O) groups excluding carboxylic acids is 4. The van der Waals surface area contributed by atoms with E-state index >= 15 is 0 Å². The summed E-state index contributed by atoms with van der Waals surface area (Å²) in [5.41, 5.74) is 3.43. The third kappa shape index (κ3) is 4.49. The molecule has 0 saturated heterocycles. The second-order valence-electron chi connectivity index (χ2n) is 8.54. The molecular weight excluding hydrogens is 464 g/mol. The number of ether oxygens (including phenoxy) is 1. The van der Waals surface area contributed by atoms with Crippen LogP contribution in [0.2, 0.25) is 0 Å². The third-order valence-corrected chi connectivity index (χ3v) is 6.88. The number of benzene rings is 2. The highest BCUT2D eigenvalue weighted by atomic mass is 32.1. The summed E-state index contributed by atoms with van der Waals surface area (Å²) in [4.78, 5) is 52.5. The van der Waals surface area contributed by atoms with Crippen LogP contribution < -0.4 is 5.32 Å². The molecule has 4 rings (SSSR count). The smallest absolute Gasteiger partial charge is 0.341 e. The van der Waals surface area contributed by atoms with E-state index in [0.29, 0.717) is 16.5 Å². The molecule has 35 heavy (non-hydrogen) atoms. The molecule has 1 aromatic heterocycles. The van der Waals surface area contributed by atoms with E-state index in [0.717, 1.165) is 10.5 Å². The summed E-state index contributed by atoms with van der Waals surface area (Å²) in [6.07, 6.45) is 0. The van der Waals surface area contributed by atoms with Gasteiger partial charge in [0.2, 0.25) is 5.91 Å². The standard InChI is InChI=1S/C27H26N2O5S/c1-5-34-27(33)22-21(18-12-10-17(11-13-18)15(2)3)14-35-24(22)28-23(30)16(4)29-25(31)19-8-6-7-9-20(19)26(29)32/h6-16H,5H2,1-4H3,(H,28,30). The molecule has 1 unspecified atom stereocenters. The third-order valence-electron chi connectivity index (χ3n) is 5.99. The van der Waals surface area contributed by atoms with Crippen molar-refractivity contribution in [3.63, 3.8) is 0 Å². The summed E-state index contributed by atoms with van der Waals surface area (Å²) >= 11 is 1.19. The van der Waals surface area contributed by atoms with Gasteiger partial charge < -0.3 is 10.1 Å². The molecule has 180 valence electrons. The van der Waals surface area contributed by atoms with Gasteiger partial charge in [-0.2, -0.15) is 0 Å². The predicted molar refractivity (Wildman–Crippen MR) is 135 cm³/mol. The average molecular weight is 491 g/mol. The highest BCUT2D eigenvalue weighted by Gasteiger charge is 2.41. The molecule has 0 fully saturated rings. The van der Waals surface area contributed by atoms with Gasteiger partial charge in [-0.05, 0) is 43.0 Å². The van der Waals surface area contributed by atoms with E-state index in [2.05, 4.69) is 19.2 Å². The molecule has 1 N–H and O–H groups in total. The number of carbonyl (C=O) groups is 4. The number of nitrogens with one attached hydrogen (secondary N) is 1. The van der Waals surface area contributed by atoms with Gasteiger partial charge in [0.25, 0.3) is 11.8 Å². The van der Waals surface area contributed by atoms with Gasteiger partial charge >= 0.3 is 5.97 Å². The Balaban J connectivity index is 1.62. The van der Waals surface area contributed by atoms with E-state index in [9.17, 15) is 19.2 Å². The highest BCUT2D eigenvalue weighted by Crippen LogP contribution is 2.37. The molecule has 2 heterocycles. The van der Waals surface area contributed by atoms with Gasteiger partial charge in [-0.1, -0.05) is 50.2 Å². The average Bonchev–Trinajstić information content (AvgIpc) is 3.37. The maximum atomic E-state index is 13.1. The Labute approximate surface area is 207 Å². The number of anilines is 1. The molecule has 7 nitrogen and oxygen atoms in total. The number of thiophene rings is 1. The molecular formula is C27H26N2O5S. The van der Waals surface area contributed by atoms with Crippen molar-refractivity contribution in [3.8, 4) is 11.1 Å². The number of esters is 1. The molecule has 2 aromatic carbocycles. The quantitative estimate of drug-likeness (QED) is 0.357. The van der Waals surface area contributed by atoms with Gasteiger partial charge in [-0.25, -0.2) is 4.79 Å². The van der Waals surface area contributed by atoms with Crippen molar-refractivity contribution in [1.29, 1.82) is 0 Å². The lowest BCUT2D eigenvalue weighted by atomic mass is 9.98. The van der Waals surface area contributed by atoms with Crippen molar-refractivity contribution in [2.75, 3.05) is 11.9 Å². The van der Waals surface area contributed by atoms with Crippen molar-refractivity contribution in [2.45, 2.75) is 39.7 Å². The van der Waals surface area contributed by atoms with Crippen LogP contribution in [0.5, 0.6) is 0 Å². The minimum absolute atomic E-state index is 0.180. The van der Waals surface area contributed by atoms with E-state index in [4.69, 9.17) is 4.74 Å². The molecule has 0 aliphatic carbocycles. The maximum Gasteiger partial charge on any atom is 0.341 e. The number of amides is 3. The van der Waals surface area contributed by atoms with Crippen molar-refractivity contribution < 1.29 is 23.9 Å². The van der Waals surface area contributed by atoms with Crippen LogP contribution in [-0.2, 0) is 9.53 Å². The molecule has 0 radical (unpaired) electrons. The fourth-order valence-corrected chi connectivity index (χ4v) is 4.97. The van der Waals surface area contributed by atoms with Crippen LogP contribution in [0.25, 0.3) is 11.1 Å². The van der Waals surface area contributed by atoms with Crippen LogP contribution in [0.4, 0.5) is 5.00 Å². The van der Waals surface area contributed by atoms with Gasteiger partial charge in [0, 0.05) is 10.9 Å². The van der Waals surface area contributed by atoms with Crippen molar-refractivity contribution in [1.82, 2.24) is 4.90 Å². The number of nitrogens with zero attached hydrogens (tertiary/aromatic N) is 1. The summed E-state index contributed by atoms with van der Waals surface area (Å²) in [7, 11) is 0. The molecule has 1 atom stereocenters. The SMILES string of the molecule is CCOC(=O)c1c(-c2ccc(C(C)C)cc2)csc1NC(=O)C(C)N1C(=O)c2ccccc2C1=O. The van der Waals surface area contributed by atoms with Gasteiger partial charge in [0.1, 0.15) is 16.6 Å². The fraction of sp³-hybridized carbons (Fsp3) is 0.259. The summed E-state index contributed by atoms with van der Waals surface area (Å²) in [6.45, 7) is 7.59. The van der Waals surface area contributed by atoms with Crippen LogP contribution in [0.3, 0.4) is 0 Å². The monoisotopic (exact) mass is 490 g/mol. The Hall–Kier alpha value is -3.78. The van der Waals surface area contributed by atoms with E-state index in [-0.39, 0.29) is 23.3 Å². The Morgan fingerprint density at radius 2 is 1.54 bits per heavy atom. The van der Waals surface area contributed by atoms with Crippen LogP contribution in [-0.4, -0.2) is 41.2 Å². The van der Waals surface area contributed by atoms with Crippen molar-refractivity contribution >= 4 is 40.0 Å². The predicted octanol–water partition coefficient (Wildman–Crippen LogP) is 5.34. The molecule has 1 aliphatic heterocycles. The molecule has 0 spiro atoms. The number of rotatable bonds is 7. The molecule has 1 aliphatic rings. The number of imide groups is 1. The van der Waals surface area contributed by atoms with Gasteiger partial charge in [-0.3, -0.25) is 19.3 Å². The lowest BCUT2D eigenvalue weighted by Crippen LogP contribution is -2.45. The molecule has 3 amide bonds. The Kier molecular flexibility index (Phi) is 6.84. The van der Waals surface area contributed by atoms with Crippen LogP contribution >= 0.6 is 11.3 Å². The zero-order valence-electron chi connectivity index (χ0n) is 20.0. The van der Waals surface area contributed by atoms with E-state index in [1.807, 2.05) is 24.3 Å². The first kappa shape index (κ1) is 24.3. The number of hydrogen-bond acceptors (Lipinski definition) is 6. The fourth-order valence-electron chi connectivity index (χ4n) is 4.01. The number of hydrogen-bond donors (Lipinski definition) is 1. The van der Waals surface area contributed by atoms with E-state index < -0.39 is 29.7 Å². The van der Waals surface area contributed by atoms with Crippen LogP contribution in [0.15, 0.2) is 53.9 Å². The number of fused-ring (bicyclic) bond motifs is 1. The molecule has 8 heteroatoms. The first-order valence-corrected chi connectivity index (χ1v) is 12.3. The Morgan fingerprint density at radius 3 is 2.09 bits per heavy atom. The second kappa shape index (κ2) is 9.84. The molecule has 3 aromatic rings. The lowest BCUT2D eigenvalue weighted by molar-refractivity contribution is -0.119. The lowest BCUT2D eigenvalue weighted by Gasteiger charge is -2.21. The van der Waals surface area contributed by atoms with Crippen LogP contribution in [0, 0.1) is 0 Å². The maximum absolute atomic E-state index is 13.1. The second-order valence-corrected chi connectivity index (χ2v) is 9.42. The summed E-state index contributed by atoms with van der Waals surface area (Å²) < 4.78 is 5.27. The Morgan fingerprint density at radius 1 is 0.943 bits per heavy atom. The van der Waals surface area contributed by atoms with E-state index in [1.54, 1.807) is 36.6 Å². The van der Waals surface area contributed by atoms with Gasteiger partial charge in [-0.15, -0.1) is 11.3 Å². The van der Waals surface area contributed by atoms with Crippen molar-refractivity contribution in [3.05, 3.63) is 76.2 Å². The van der Waals surface area contributed by atoms with E-state index in [1.165, 1.54) is 23.8 Å². The summed E-state index contributed by atoms with van der Waals surface area (Å²) in [5, 5.41) is 4.84.